The van der Waals surface area contributed by atoms with Crippen LogP contribution < -0.4 is 10.5 Å². The average molecular weight is 263 g/mol. The van der Waals surface area contributed by atoms with Crippen LogP contribution in [0, 0.1) is 0 Å². The number of anilines is 1. The number of carbonyl (C=O) groups is 1. The molecule has 2 rings (SSSR count). The number of rotatable bonds is 4. The molecule has 1 aromatic heterocycles. The van der Waals surface area contributed by atoms with Gasteiger partial charge in [0.2, 0.25) is 0 Å². The van der Waals surface area contributed by atoms with E-state index in [0.717, 1.165) is 4.88 Å². The van der Waals surface area contributed by atoms with Crippen molar-refractivity contribution in [3.63, 3.8) is 0 Å². The minimum atomic E-state index is -0.412. The molecular weight excluding hydrogens is 250 g/mol. The van der Waals surface area contributed by atoms with Crippen LogP contribution in [0.5, 0.6) is 5.75 Å². The molecule has 18 heavy (non-hydrogen) atoms. The Labute approximate surface area is 109 Å². The highest BCUT2D eigenvalue weighted by atomic mass is 32.1. The van der Waals surface area contributed by atoms with Gasteiger partial charge in [-0.15, -0.1) is 11.3 Å². The van der Waals surface area contributed by atoms with Gasteiger partial charge < -0.3 is 15.2 Å². The number of ether oxygens (including phenoxy) is 2. The molecule has 0 aliphatic carbocycles. The first-order valence-corrected chi connectivity index (χ1v) is 6.22. The quantitative estimate of drug-likeness (QED) is 0.861. The maximum atomic E-state index is 11.5. The minimum Gasteiger partial charge on any atom is -0.487 e. The van der Waals surface area contributed by atoms with Crippen LogP contribution in [0.3, 0.4) is 0 Å². The summed E-state index contributed by atoms with van der Waals surface area (Å²) < 4.78 is 10.3. The Balaban J connectivity index is 2.14. The summed E-state index contributed by atoms with van der Waals surface area (Å²) >= 11 is 1.52. The Hall–Kier alpha value is -2.01. The predicted octanol–water partition coefficient (Wildman–Crippen LogP) is 2.70. The van der Waals surface area contributed by atoms with Crippen molar-refractivity contribution < 1.29 is 14.3 Å². The molecule has 94 valence electrons. The summed E-state index contributed by atoms with van der Waals surface area (Å²) in [7, 11) is 1.34. The van der Waals surface area contributed by atoms with E-state index in [2.05, 4.69) is 0 Å². The maximum Gasteiger partial charge on any atom is 0.341 e. The largest absolute Gasteiger partial charge is 0.487 e. The first kappa shape index (κ1) is 12.4. The monoisotopic (exact) mass is 263 g/mol. The van der Waals surface area contributed by atoms with Gasteiger partial charge in [0.25, 0.3) is 0 Å². The van der Waals surface area contributed by atoms with Crippen molar-refractivity contribution in [2.24, 2.45) is 0 Å². The molecule has 0 aliphatic rings. The van der Waals surface area contributed by atoms with Gasteiger partial charge in [-0.2, -0.15) is 0 Å². The zero-order valence-corrected chi connectivity index (χ0v) is 10.7. The predicted molar refractivity (Wildman–Crippen MR) is 70.8 cm³/mol. The molecule has 0 bridgehead atoms. The van der Waals surface area contributed by atoms with Crippen LogP contribution in [0.15, 0.2) is 35.7 Å². The van der Waals surface area contributed by atoms with E-state index in [-0.39, 0.29) is 0 Å². The summed E-state index contributed by atoms with van der Waals surface area (Å²) in [6, 6.07) is 8.79. The van der Waals surface area contributed by atoms with Crippen molar-refractivity contribution in [1.29, 1.82) is 0 Å². The fourth-order valence-electron chi connectivity index (χ4n) is 1.48. The van der Waals surface area contributed by atoms with E-state index in [1.165, 1.54) is 18.4 Å². The Morgan fingerprint density at radius 2 is 2.11 bits per heavy atom. The van der Waals surface area contributed by atoms with E-state index >= 15 is 0 Å². The molecular formula is C13H13NO3S. The van der Waals surface area contributed by atoms with E-state index in [4.69, 9.17) is 15.2 Å². The smallest absolute Gasteiger partial charge is 0.341 e. The summed E-state index contributed by atoms with van der Waals surface area (Å²) in [6.07, 6.45) is 0. The summed E-state index contributed by atoms with van der Waals surface area (Å²) in [4.78, 5) is 12.5. The highest BCUT2D eigenvalue weighted by molar-refractivity contribution is 7.10. The fraction of sp³-hybridized carbons (Fsp3) is 0.154. The lowest BCUT2D eigenvalue weighted by molar-refractivity contribution is 0.0595. The Kier molecular flexibility index (Phi) is 3.84. The number of para-hydroxylation sites is 1. The minimum absolute atomic E-state index is 0.345. The Morgan fingerprint density at radius 1 is 1.33 bits per heavy atom. The number of nitrogens with two attached hydrogens (primary N) is 1. The van der Waals surface area contributed by atoms with E-state index < -0.39 is 5.97 Å². The molecule has 0 unspecified atom stereocenters. The second-order valence-corrected chi connectivity index (χ2v) is 4.58. The molecule has 0 radical (unpaired) electrons. The van der Waals surface area contributed by atoms with Crippen molar-refractivity contribution in [1.82, 2.24) is 0 Å². The third-order valence-corrected chi connectivity index (χ3v) is 3.34. The van der Waals surface area contributed by atoms with Crippen LogP contribution in [0.1, 0.15) is 15.2 Å². The number of hydrogen-bond acceptors (Lipinski definition) is 5. The van der Waals surface area contributed by atoms with Crippen molar-refractivity contribution >= 4 is 23.0 Å². The van der Waals surface area contributed by atoms with Crippen molar-refractivity contribution in [3.8, 4) is 5.75 Å². The summed E-state index contributed by atoms with van der Waals surface area (Å²) in [6.45, 7) is 0.345. The standard InChI is InChI=1S/C13H13NO3S/c1-16-13(15)9-4-2-3-5-11(9)17-8-12-10(14)6-7-18-12/h2-7H,8,14H2,1H3. The molecule has 0 aliphatic heterocycles. The van der Waals surface area contributed by atoms with Crippen LogP contribution in [0.4, 0.5) is 5.69 Å². The molecule has 0 amide bonds. The highest BCUT2D eigenvalue weighted by Crippen LogP contribution is 2.24. The summed E-state index contributed by atoms with van der Waals surface area (Å²) in [5.74, 6) is 0.0851. The molecule has 0 saturated heterocycles. The van der Waals surface area contributed by atoms with Crippen molar-refractivity contribution in [2.45, 2.75) is 6.61 Å². The Morgan fingerprint density at radius 3 is 2.78 bits per heavy atom. The third-order valence-electron chi connectivity index (χ3n) is 2.43. The number of hydrogen-bond donors (Lipinski definition) is 1. The topological polar surface area (TPSA) is 61.5 Å². The van der Waals surface area contributed by atoms with Gasteiger partial charge in [0.05, 0.1) is 12.0 Å². The zero-order chi connectivity index (χ0) is 13.0. The van der Waals surface area contributed by atoms with Crippen LogP contribution in [-0.2, 0) is 11.3 Å². The van der Waals surface area contributed by atoms with Gasteiger partial charge >= 0.3 is 5.97 Å². The molecule has 0 spiro atoms. The van der Waals surface area contributed by atoms with Crippen LogP contribution in [-0.4, -0.2) is 13.1 Å². The van der Waals surface area contributed by atoms with Gasteiger partial charge in [0.15, 0.2) is 0 Å². The first-order chi connectivity index (χ1) is 8.72. The molecule has 2 N–H and O–H groups in total. The van der Waals surface area contributed by atoms with Gasteiger partial charge in [0.1, 0.15) is 17.9 Å². The lowest BCUT2D eigenvalue weighted by Crippen LogP contribution is -2.05. The number of nitrogen functional groups attached to an aromatic ring is 1. The van der Waals surface area contributed by atoms with Crippen LogP contribution in [0.2, 0.25) is 0 Å². The second-order valence-electron chi connectivity index (χ2n) is 3.58. The molecule has 5 heteroatoms. The molecule has 0 atom stereocenters. The van der Waals surface area contributed by atoms with E-state index in [1.807, 2.05) is 11.4 Å². The molecule has 2 aromatic rings. The molecule has 0 saturated carbocycles. The van der Waals surface area contributed by atoms with E-state index in [1.54, 1.807) is 24.3 Å². The maximum absolute atomic E-state index is 11.5. The summed E-state index contributed by atoms with van der Waals surface area (Å²) in [5, 5.41) is 1.90. The van der Waals surface area contributed by atoms with Gasteiger partial charge in [-0.3, -0.25) is 0 Å². The van der Waals surface area contributed by atoms with Gasteiger partial charge in [-0.25, -0.2) is 4.79 Å². The number of benzene rings is 1. The number of thiophene rings is 1. The first-order valence-electron chi connectivity index (χ1n) is 5.34. The van der Waals surface area contributed by atoms with Crippen LogP contribution in [0.25, 0.3) is 0 Å². The Bertz CT molecular complexity index is 551. The van der Waals surface area contributed by atoms with Gasteiger partial charge in [-0.05, 0) is 23.6 Å². The zero-order valence-electron chi connectivity index (χ0n) is 9.88. The normalized spacial score (nSPS) is 10.1. The molecule has 4 nitrogen and oxygen atoms in total. The number of carbonyl (C=O) groups excluding carboxylic acids is 1. The number of methoxy groups -OCH3 is 1. The van der Waals surface area contributed by atoms with E-state index in [0.29, 0.717) is 23.6 Å². The molecule has 1 heterocycles. The van der Waals surface area contributed by atoms with Gasteiger partial charge in [-0.1, -0.05) is 12.1 Å². The SMILES string of the molecule is COC(=O)c1ccccc1OCc1sccc1N. The lowest BCUT2D eigenvalue weighted by Gasteiger charge is -2.09. The number of esters is 1. The lowest BCUT2D eigenvalue weighted by atomic mass is 10.2. The van der Waals surface area contributed by atoms with E-state index in [9.17, 15) is 4.79 Å². The molecule has 0 fully saturated rings. The van der Waals surface area contributed by atoms with Gasteiger partial charge in [0, 0.05) is 5.69 Å². The van der Waals surface area contributed by atoms with Crippen molar-refractivity contribution in [2.75, 3.05) is 12.8 Å². The summed E-state index contributed by atoms with van der Waals surface area (Å²) in [5.41, 5.74) is 6.88. The molecule has 1 aromatic carbocycles. The van der Waals surface area contributed by atoms with Crippen molar-refractivity contribution in [3.05, 3.63) is 46.2 Å². The average Bonchev–Trinajstić information content (AvgIpc) is 2.81. The highest BCUT2D eigenvalue weighted by Gasteiger charge is 2.12. The van der Waals surface area contributed by atoms with Crippen LogP contribution >= 0.6 is 11.3 Å². The third kappa shape index (κ3) is 2.62. The second kappa shape index (κ2) is 5.55. The fourth-order valence-corrected chi connectivity index (χ4v) is 2.19.